The monoisotopic (exact) mass is 320 g/mol. The molecule has 0 unspecified atom stereocenters. The average Bonchev–Trinajstić information content (AvgIpc) is 2.46. The van der Waals surface area contributed by atoms with Crippen molar-refractivity contribution in [2.75, 3.05) is 0 Å². The van der Waals surface area contributed by atoms with Crippen LogP contribution >= 0.6 is 15.9 Å². The topological polar surface area (TPSA) is 54.7 Å². The second kappa shape index (κ2) is 6.33. The molecule has 0 saturated heterocycles. The van der Waals surface area contributed by atoms with Crippen LogP contribution in [0.2, 0.25) is 0 Å². The molecule has 2 aromatic rings. The summed E-state index contributed by atoms with van der Waals surface area (Å²) in [5, 5.41) is 11.8. The molecule has 0 spiro atoms. The highest BCUT2D eigenvalue weighted by atomic mass is 79.9. The Bertz CT molecular complexity index is 565. The molecule has 1 heterocycles. The number of hydrogen-bond acceptors (Lipinski definition) is 4. The lowest BCUT2D eigenvalue weighted by atomic mass is 10.1. The molecule has 1 aromatic heterocycles. The van der Waals surface area contributed by atoms with Crippen LogP contribution in [0.1, 0.15) is 18.2 Å². The molecular weight excluding hydrogens is 308 g/mol. The number of nitrogens with zero attached hydrogens (tertiary/aromatic N) is 2. The first-order chi connectivity index (χ1) is 9.19. The number of ether oxygens (including phenoxy) is 1. The number of aromatic nitrogens is 1. The average molecular weight is 321 g/mol. The Morgan fingerprint density at radius 3 is 2.58 bits per heavy atom. The zero-order valence-corrected chi connectivity index (χ0v) is 12.0. The Hall–Kier alpha value is -1.88. The predicted octanol–water partition coefficient (Wildman–Crippen LogP) is 3.62. The van der Waals surface area contributed by atoms with Crippen LogP contribution in [-0.2, 0) is 6.61 Å². The number of pyridine rings is 1. The molecule has 5 heteroatoms. The normalized spacial score (nSPS) is 11.4. The molecule has 19 heavy (non-hydrogen) atoms. The number of benzene rings is 1. The second-order valence-corrected chi connectivity index (χ2v) is 4.88. The van der Waals surface area contributed by atoms with Gasteiger partial charge in [-0.15, -0.1) is 0 Å². The minimum atomic E-state index is 0.416. The third-order valence-electron chi connectivity index (χ3n) is 2.60. The van der Waals surface area contributed by atoms with Gasteiger partial charge in [-0.25, -0.2) is 0 Å². The van der Waals surface area contributed by atoms with Crippen molar-refractivity contribution < 1.29 is 9.94 Å². The summed E-state index contributed by atoms with van der Waals surface area (Å²) >= 11 is 3.33. The Morgan fingerprint density at radius 1 is 1.26 bits per heavy atom. The van der Waals surface area contributed by atoms with E-state index in [2.05, 4.69) is 26.1 Å². The number of halogens is 1. The van der Waals surface area contributed by atoms with Crippen LogP contribution in [-0.4, -0.2) is 15.9 Å². The summed E-state index contributed by atoms with van der Waals surface area (Å²) in [6.07, 6.45) is 1.74. The van der Waals surface area contributed by atoms with Crippen molar-refractivity contribution in [1.29, 1.82) is 0 Å². The summed E-state index contributed by atoms with van der Waals surface area (Å²) in [6, 6.07) is 11.2. The second-order valence-electron chi connectivity index (χ2n) is 3.97. The van der Waals surface area contributed by atoms with Crippen LogP contribution < -0.4 is 4.74 Å². The van der Waals surface area contributed by atoms with Crippen molar-refractivity contribution in [3.8, 4) is 5.75 Å². The van der Waals surface area contributed by atoms with E-state index in [1.165, 1.54) is 0 Å². The van der Waals surface area contributed by atoms with Gasteiger partial charge in [0.2, 0.25) is 0 Å². The highest BCUT2D eigenvalue weighted by Crippen LogP contribution is 2.15. The molecule has 0 saturated carbocycles. The van der Waals surface area contributed by atoms with Gasteiger partial charge in [0.05, 0.1) is 11.4 Å². The fourth-order valence-electron chi connectivity index (χ4n) is 1.50. The van der Waals surface area contributed by atoms with Gasteiger partial charge in [0, 0.05) is 10.7 Å². The molecule has 1 N–H and O–H groups in total. The van der Waals surface area contributed by atoms with Gasteiger partial charge in [-0.1, -0.05) is 5.16 Å². The van der Waals surface area contributed by atoms with E-state index in [1.54, 1.807) is 13.1 Å². The number of hydrogen-bond donors (Lipinski definition) is 1. The molecule has 0 bridgehead atoms. The summed E-state index contributed by atoms with van der Waals surface area (Å²) < 4.78 is 6.56. The molecule has 98 valence electrons. The Morgan fingerprint density at radius 2 is 2.00 bits per heavy atom. The molecule has 0 aliphatic carbocycles. The predicted molar refractivity (Wildman–Crippen MR) is 76.7 cm³/mol. The molecule has 0 radical (unpaired) electrons. The molecule has 0 atom stereocenters. The third-order valence-corrected chi connectivity index (χ3v) is 3.07. The molecule has 0 aliphatic heterocycles. The summed E-state index contributed by atoms with van der Waals surface area (Å²) in [6.45, 7) is 2.15. The number of oxime groups is 1. The van der Waals surface area contributed by atoms with Crippen molar-refractivity contribution in [3.63, 3.8) is 0 Å². The summed E-state index contributed by atoms with van der Waals surface area (Å²) in [5.41, 5.74) is 2.29. The third kappa shape index (κ3) is 3.79. The quantitative estimate of drug-likeness (QED) is 0.531. The van der Waals surface area contributed by atoms with Crippen molar-refractivity contribution in [3.05, 3.63) is 58.3 Å². The minimum Gasteiger partial charge on any atom is -0.487 e. The van der Waals surface area contributed by atoms with E-state index in [9.17, 15) is 0 Å². The van der Waals surface area contributed by atoms with Gasteiger partial charge in [0.15, 0.2) is 0 Å². The highest BCUT2D eigenvalue weighted by Gasteiger charge is 2.00. The SMILES string of the molecule is C/C(=N/O)c1ccc(OCc2ccc(Br)cn2)cc1. The molecule has 0 amide bonds. The Balaban J connectivity index is 1.98. The molecule has 4 nitrogen and oxygen atoms in total. The summed E-state index contributed by atoms with van der Waals surface area (Å²) in [4.78, 5) is 4.23. The molecule has 2 rings (SSSR count). The molecule has 0 fully saturated rings. The zero-order chi connectivity index (χ0) is 13.7. The van der Waals surface area contributed by atoms with E-state index in [0.717, 1.165) is 21.5 Å². The summed E-state index contributed by atoms with van der Waals surface area (Å²) in [5.74, 6) is 0.749. The van der Waals surface area contributed by atoms with Crippen molar-refractivity contribution in [2.45, 2.75) is 13.5 Å². The maximum atomic E-state index is 8.68. The number of rotatable bonds is 4. The van der Waals surface area contributed by atoms with Gasteiger partial charge in [0.25, 0.3) is 0 Å². The smallest absolute Gasteiger partial charge is 0.130 e. The Labute approximate surface area is 119 Å². The van der Waals surface area contributed by atoms with Gasteiger partial charge >= 0.3 is 0 Å². The van der Waals surface area contributed by atoms with E-state index in [1.807, 2.05) is 36.4 Å². The largest absolute Gasteiger partial charge is 0.487 e. The van der Waals surface area contributed by atoms with Crippen LogP contribution in [0.4, 0.5) is 0 Å². The molecular formula is C14H13BrN2O2. The molecule has 1 aromatic carbocycles. The standard InChI is InChI=1S/C14H13BrN2O2/c1-10(17-18)11-2-6-14(7-3-11)19-9-13-5-4-12(15)8-16-13/h2-8,18H,9H2,1H3/b17-10-. The minimum absolute atomic E-state index is 0.416. The van der Waals surface area contributed by atoms with E-state index in [-0.39, 0.29) is 0 Å². The lowest BCUT2D eigenvalue weighted by molar-refractivity contribution is 0.301. The van der Waals surface area contributed by atoms with Crippen LogP contribution in [0.15, 0.2) is 52.2 Å². The van der Waals surface area contributed by atoms with Crippen molar-refractivity contribution >= 4 is 21.6 Å². The first-order valence-corrected chi connectivity index (χ1v) is 6.50. The van der Waals surface area contributed by atoms with Gasteiger partial charge < -0.3 is 9.94 Å². The van der Waals surface area contributed by atoms with Gasteiger partial charge in [0.1, 0.15) is 12.4 Å². The van der Waals surface area contributed by atoms with E-state index < -0.39 is 0 Å². The van der Waals surface area contributed by atoms with Crippen LogP contribution in [0.3, 0.4) is 0 Å². The lowest BCUT2D eigenvalue weighted by Gasteiger charge is -2.06. The van der Waals surface area contributed by atoms with Crippen molar-refractivity contribution in [2.24, 2.45) is 5.16 Å². The Kier molecular flexibility index (Phi) is 4.52. The maximum absolute atomic E-state index is 8.68. The highest BCUT2D eigenvalue weighted by molar-refractivity contribution is 9.10. The summed E-state index contributed by atoms with van der Waals surface area (Å²) in [7, 11) is 0. The van der Waals surface area contributed by atoms with Gasteiger partial charge in [-0.3, -0.25) is 4.98 Å². The van der Waals surface area contributed by atoms with Gasteiger partial charge in [-0.2, -0.15) is 0 Å². The van der Waals surface area contributed by atoms with Crippen LogP contribution in [0.5, 0.6) is 5.75 Å². The van der Waals surface area contributed by atoms with E-state index >= 15 is 0 Å². The van der Waals surface area contributed by atoms with Gasteiger partial charge in [-0.05, 0) is 64.8 Å². The van der Waals surface area contributed by atoms with E-state index in [0.29, 0.717) is 12.3 Å². The van der Waals surface area contributed by atoms with Crippen LogP contribution in [0, 0.1) is 0 Å². The fourth-order valence-corrected chi connectivity index (χ4v) is 1.73. The zero-order valence-electron chi connectivity index (χ0n) is 10.4. The van der Waals surface area contributed by atoms with Crippen LogP contribution in [0.25, 0.3) is 0 Å². The first kappa shape index (κ1) is 13.5. The van der Waals surface area contributed by atoms with E-state index in [4.69, 9.17) is 9.94 Å². The lowest BCUT2D eigenvalue weighted by Crippen LogP contribution is -1.99. The fraction of sp³-hybridized carbons (Fsp3) is 0.143. The van der Waals surface area contributed by atoms with Crippen molar-refractivity contribution in [1.82, 2.24) is 4.98 Å². The maximum Gasteiger partial charge on any atom is 0.130 e. The first-order valence-electron chi connectivity index (χ1n) is 5.71. The molecule has 0 aliphatic rings.